The maximum atomic E-state index is 12.6. The molecule has 142 valence electrons. The van der Waals surface area contributed by atoms with Crippen LogP contribution in [0.1, 0.15) is 43.0 Å². The van der Waals surface area contributed by atoms with Crippen molar-refractivity contribution in [1.82, 2.24) is 10.2 Å². The Morgan fingerprint density at radius 3 is 2.67 bits per heavy atom. The maximum absolute atomic E-state index is 12.6. The molecule has 2 amide bonds. The Labute approximate surface area is 160 Å². The molecular weight excluding hydrogens is 340 g/mol. The second kappa shape index (κ2) is 8.71. The first-order valence-electron chi connectivity index (χ1n) is 9.42. The second-order valence-electron chi connectivity index (χ2n) is 6.70. The molecule has 0 bridgehead atoms. The van der Waals surface area contributed by atoms with E-state index in [1.165, 1.54) is 5.56 Å². The Bertz CT molecular complexity index is 819. The maximum Gasteiger partial charge on any atom is 0.222 e. The summed E-state index contributed by atoms with van der Waals surface area (Å²) < 4.78 is 5.61. The molecule has 0 spiro atoms. The van der Waals surface area contributed by atoms with Crippen molar-refractivity contribution in [2.24, 2.45) is 0 Å². The van der Waals surface area contributed by atoms with Gasteiger partial charge in [-0.25, -0.2) is 0 Å². The van der Waals surface area contributed by atoms with E-state index in [1.807, 2.05) is 49.4 Å². The quantitative estimate of drug-likeness (QED) is 0.854. The van der Waals surface area contributed by atoms with Gasteiger partial charge in [-0.2, -0.15) is 0 Å². The first-order valence-corrected chi connectivity index (χ1v) is 9.42. The number of rotatable bonds is 6. The predicted molar refractivity (Wildman–Crippen MR) is 104 cm³/mol. The molecule has 2 aromatic rings. The number of benzene rings is 2. The third kappa shape index (κ3) is 4.48. The van der Waals surface area contributed by atoms with Gasteiger partial charge >= 0.3 is 0 Å². The van der Waals surface area contributed by atoms with Gasteiger partial charge in [0.25, 0.3) is 0 Å². The monoisotopic (exact) mass is 366 g/mol. The highest BCUT2D eigenvalue weighted by Gasteiger charge is 2.30. The zero-order valence-electron chi connectivity index (χ0n) is 15.9. The van der Waals surface area contributed by atoms with Gasteiger partial charge in [-0.15, -0.1) is 0 Å². The molecule has 0 saturated carbocycles. The van der Waals surface area contributed by atoms with Crippen LogP contribution in [0.5, 0.6) is 5.75 Å². The molecule has 0 radical (unpaired) electrons. The zero-order chi connectivity index (χ0) is 19.2. The van der Waals surface area contributed by atoms with Gasteiger partial charge in [-0.3, -0.25) is 9.59 Å². The summed E-state index contributed by atoms with van der Waals surface area (Å²) >= 11 is 0. The summed E-state index contributed by atoms with van der Waals surface area (Å²) in [7, 11) is 0. The highest BCUT2D eigenvalue weighted by molar-refractivity contribution is 5.79. The lowest BCUT2D eigenvalue weighted by molar-refractivity contribution is -0.133. The van der Waals surface area contributed by atoms with Crippen LogP contribution in [0, 0.1) is 0 Å². The molecule has 3 rings (SSSR count). The van der Waals surface area contributed by atoms with E-state index < -0.39 is 0 Å². The molecule has 0 fully saturated rings. The Hall–Kier alpha value is -2.82. The molecular formula is C22H26N2O3. The van der Waals surface area contributed by atoms with Gasteiger partial charge in [0.15, 0.2) is 0 Å². The lowest BCUT2D eigenvalue weighted by Gasteiger charge is -2.36. The highest BCUT2D eigenvalue weighted by Crippen LogP contribution is 2.32. The minimum atomic E-state index is -0.213. The second-order valence-corrected chi connectivity index (χ2v) is 6.70. The van der Waals surface area contributed by atoms with Gasteiger partial charge in [0, 0.05) is 25.6 Å². The summed E-state index contributed by atoms with van der Waals surface area (Å²) in [4.78, 5) is 26.5. The molecule has 1 atom stereocenters. The average Bonchev–Trinajstić information content (AvgIpc) is 2.67. The Kier molecular flexibility index (Phi) is 6.12. The van der Waals surface area contributed by atoms with E-state index in [0.29, 0.717) is 19.7 Å². The fourth-order valence-corrected chi connectivity index (χ4v) is 3.64. The molecule has 5 heteroatoms. The van der Waals surface area contributed by atoms with Crippen molar-refractivity contribution in [3.63, 3.8) is 0 Å². The fraction of sp³-hybridized carbons (Fsp3) is 0.364. The van der Waals surface area contributed by atoms with E-state index in [1.54, 1.807) is 11.8 Å². The number of carbonyl (C=O) groups excluding carboxylic acids is 2. The summed E-state index contributed by atoms with van der Waals surface area (Å²) in [6.45, 7) is 5.14. The van der Waals surface area contributed by atoms with E-state index in [2.05, 4.69) is 11.4 Å². The van der Waals surface area contributed by atoms with Crippen molar-refractivity contribution < 1.29 is 14.3 Å². The molecule has 1 N–H and O–H groups in total. The van der Waals surface area contributed by atoms with Crippen LogP contribution in [0.3, 0.4) is 0 Å². The largest absolute Gasteiger partial charge is 0.494 e. The van der Waals surface area contributed by atoms with E-state index in [4.69, 9.17) is 4.74 Å². The summed E-state index contributed by atoms with van der Waals surface area (Å²) in [6.07, 6.45) is 1.09. The summed E-state index contributed by atoms with van der Waals surface area (Å²) in [5.74, 6) is 0.715. The SMILES string of the molecule is CCOc1ccccc1CNC(=O)CC1c2ccccc2CCN1C(C)=O. The smallest absolute Gasteiger partial charge is 0.222 e. The van der Waals surface area contributed by atoms with Gasteiger partial charge in [0.2, 0.25) is 11.8 Å². The minimum Gasteiger partial charge on any atom is -0.494 e. The fourth-order valence-electron chi connectivity index (χ4n) is 3.64. The third-order valence-electron chi connectivity index (χ3n) is 4.94. The normalized spacial score (nSPS) is 15.8. The summed E-state index contributed by atoms with van der Waals surface area (Å²) in [5, 5.41) is 2.98. The van der Waals surface area contributed by atoms with Crippen LogP contribution < -0.4 is 10.1 Å². The van der Waals surface area contributed by atoms with E-state index in [0.717, 1.165) is 23.3 Å². The van der Waals surface area contributed by atoms with E-state index in [-0.39, 0.29) is 24.3 Å². The van der Waals surface area contributed by atoms with Crippen molar-refractivity contribution >= 4 is 11.8 Å². The number of amides is 2. The number of hydrogen-bond donors (Lipinski definition) is 1. The molecule has 1 aliphatic heterocycles. The van der Waals surface area contributed by atoms with E-state index in [9.17, 15) is 9.59 Å². The van der Waals surface area contributed by atoms with Crippen LogP contribution in [0.4, 0.5) is 0 Å². The molecule has 1 heterocycles. The Balaban J connectivity index is 1.70. The molecule has 5 nitrogen and oxygen atoms in total. The molecule has 0 aliphatic carbocycles. The van der Waals surface area contributed by atoms with Crippen molar-refractivity contribution in [3.05, 3.63) is 65.2 Å². The van der Waals surface area contributed by atoms with Crippen LogP contribution in [0.15, 0.2) is 48.5 Å². The van der Waals surface area contributed by atoms with E-state index >= 15 is 0 Å². The average molecular weight is 366 g/mol. The lowest BCUT2D eigenvalue weighted by atomic mass is 9.90. The van der Waals surface area contributed by atoms with Crippen LogP contribution in [0.2, 0.25) is 0 Å². The van der Waals surface area contributed by atoms with Crippen LogP contribution in [-0.2, 0) is 22.6 Å². The number of hydrogen-bond acceptors (Lipinski definition) is 3. The van der Waals surface area contributed by atoms with Crippen LogP contribution in [0.25, 0.3) is 0 Å². The van der Waals surface area contributed by atoms with Crippen molar-refractivity contribution in [2.75, 3.05) is 13.2 Å². The summed E-state index contributed by atoms with van der Waals surface area (Å²) in [6, 6.07) is 15.6. The molecule has 1 aliphatic rings. The standard InChI is InChI=1S/C22H26N2O3/c1-3-27-21-11-7-5-9-18(21)15-23-22(26)14-20-19-10-6-4-8-17(19)12-13-24(20)16(2)25/h4-11,20H,3,12-15H2,1-2H3,(H,23,26). The van der Waals surface area contributed by atoms with Crippen molar-refractivity contribution in [3.8, 4) is 5.75 Å². The molecule has 2 aromatic carbocycles. The first kappa shape index (κ1) is 19.0. The number of nitrogens with one attached hydrogen (secondary N) is 1. The molecule has 1 unspecified atom stereocenters. The zero-order valence-corrected chi connectivity index (χ0v) is 15.9. The lowest BCUT2D eigenvalue weighted by Crippen LogP contribution is -2.41. The minimum absolute atomic E-state index is 0.00370. The highest BCUT2D eigenvalue weighted by atomic mass is 16.5. The number of nitrogens with zero attached hydrogens (tertiary/aromatic N) is 1. The Morgan fingerprint density at radius 1 is 1.15 bits per heavy atom. The van der Waals surface area contributed by atoms with Gasteiger partial charge in [-0.1, -0.05) is 42.5 Å². The number of ether oxygens (including phenoxy) is 1. The van der Waals surface area contributed by atoms with Gasteiger partial charge in [0.05, 0.1) is 19.1 Å². The van der Waals surface area contributed by atoms with Gasteiger partial charge in [-0.05, 0) is 30.5 Å². The third-order valence-corrected chi connectivity index (χ3v) is 4.94. The van der Waals surface area contributed by atoms with Crippen molar-refractivity contribution in [2.45, 2.75) is 39.3 Å². The number of fused-ring (bicyclic) bond motifs is 1. The van der Waals surface area contributed by atoms with Crippen LogP contribution in [-0.4, -0.2) is 29.9 Å². The topological polar surface area (TPSA) is 58.6 Å². The molecule has 0 saturated heterocycles. The molecule has 0 aromatic heterocycles. The first-order chi connectivity index (χ1) is 13.1. The number of para-hydroxylation sites is 1. The molecule has 27 heavy (non-hydrogen) atoms. The predicted octanol–water partition coefficient (Wildman–Crippen LogP) is 3.24. The van der Waals surface area contributed by atoms with Crippen LogP contribution >= 0.6 is 0 Å². The Morgan fingerprint density at radius 2 is 1.89 bits per heavy atom. The van der Waals surface area contributed by atoms with Crippen molar-refractivity contribution in [1.29, 1.82) is 0 Å². The summed E-state index contributed by atoms with van der Waals surface area (Å²) in [5.41, 5.74) is 3.23. The van der Waals surface area contributed by atoms with Gasteiger partial charge < -0.3 is 15.0 Å². The van der Waals surface area contributed by atoms with Gasteiger partial charge in [0.1, 0.15) is 5.75 Å². The number of carbonyl (C=O) groups is 2.